The molecule has 0 aliphatic carbocycles. The largest absolute Gasteiger partial charge is 0.405 e. The summed E-state index contributed by atoms with van der Waals surface area (Å²) in [6, 6.07) is 22.8. The van der Waals surface area contributed by atoms with Gasteiger partial charge >= 0.3 is 0 Å². The maximum atomic E-state index is 6.14. The van der Waals surface area contributed by atoms with Crippen molar-refractivity contribution in [2.75, 3.05) is 11.9 Å². The highest BCUT2D eigenvalue weighted by atomic mass is 16.7. The van der Waals surface area contributed by atoms with Crippen LogP contribution in [-0.2, 0) is 13.1 Å². The lowest BCUT2D eigenvalue weighted by molar-refractivity contribution is -0.0518. The first-order chi connectivity index (χ1) is 14.2. The number of hydrogen-bond donors (Lipinski definition) is 0. The van der Waals surface area contributed by atoms with Crippen molar-refractivity contribution in [1.29, 1.82) is 0 Å². The number of anilines is 2. The van der Waals surface area contributed by atoms with Crippen LogP contribution in [0.5, 0.6) is 5.75 Å². The molecule has 0 amide bonds. The molecule has 1 aliphatic heterocycles. The normalized spacial score (nSPS) is 13.3. The van der Waals surface area contributed by atoms with Crippen molar-refractivity contribution >= 4 is 22.4 Å². The highest BCUT2D eigenvalue weighted by molar-refractivity contribution is 5.91. The molecular weight excluding hydrogens is 360 g/mol. The molecule has 0 bridgehead atoms. The van der Waals surface area contributed by atoms with Crippen LogP contribution in [0.3, 0.4) is 0 Å². The van der Waals surface area contributed by atoms with Gasteiger partial charge in [-0.15, -0.1) is 5.06 Å². The van der Waals surface area contributed by atoms with Gasteiger partial charge in [0.2, 0.25) is 0 Å². The molecule has 0 atom stereocenters. The van der Waals surface area contributed by atoms with Crippen molar-refractivity contribution in [3.63, 3.8) is 0 Å². The smallest absolute Gasteiger partial charge is 0.155 e. The number of benzene rings is 3. The Morgan fingerprint density at radius 1 is 1.00 bits per heavy atom. The van der Waals surface area contributed by atoms with Crippen LogP contribution in [-0.4, -0.2) is 22.1 Å². The molecule has 1 aliphatic rings. The molecule has 0 N–H and O–H groups in total. The number of hydrogen-bond acceptors (Lipinski definition) is 5. The molecule has 3 aromatic carbocycles. The van der Waals surface area contributed by atoms with E-state index in [1.807, 2.05) is 36.4 Å². The fourth-order valence-electron chi connectivity index (χ4n) is 3.87. The summed E-state index contributed by atoms with van der Waals surface area (Å²) in [4.78, 5) is 17.2. The van der Waals surface area contributed by atoms with Gasteiger partial charge in [-0.2, -0.15) is 0 Å². The third-order valence-electron chi connectivity index (χ3n) is 5.33. The topological polar surface area (TPSA) is 41.5 Å². The van der Waals surface area contributed by atoms with Crippen molar-refractivity contribution < 1.29 is 4.84 Å². The summed E-state index contributed by atoms with van der Waals surface area (Å²) in [5.41, 5.74) is 5.59. The van der Waals surface area contributed by atoms with E-state index >= 15 is 0 Å². The van der Waals surface area contributed by atoms with E-state index in [4.69, 9.17) is 4.84 Å². The predicted octanol–water partition coefficient (Wildman–Crippen LogP) is 5.02. The summed E-state index contributed by atoms with van der Waals surface area (Å²) < 4.78 is 0. The molecule has 0 fully saturated rings. The van der Waals surface area contributed by atoms with Crippen LogP contribution in [0, 0.1) is 6.92 Å². The van der Waals surface area contributed by atoms with Crippen LogP contribution in [0.1, 0.15) is 16.7 Å². The zero-order valence-corrected chi connectivity index (χ0v) is 16.5. The molecule has 5 nitrogen and oxygen atoms in total. The summed E-state index contributed by atoms with van der Waals surface area (Å²) in [5.74, 6) is 1.86. The average molecular weight is 382 g/mol. The minimum absolute atomic E-state index is 0.761. The number of para-hydroxylation sites is 1. The van der Waals surface area contributed by atoms with E-state index in [2.05, 4.69) is 64.3 Å². The first-order valence-electron chi connectivity index (χ1n) is 9.73. The van der Waals surface area contributed by atoms with Gasteiger partial charge in [0.15, 0.2) is 5.75 Å². The van der Waals surface area contributed by atoms with Crippen molar-refractivity contribution in [2.24, 2.45) is 0 Å². The summed E-state index contributed by atoms with van der Waals surface area (Å²) >= 11 is 0. The lowest BCUT2D eigenvalue weighted by Gasteiger charge is -2.21. The van der Waals surface area contributed by atoms with Gasteiger partial charge in [0, 0.05) is 23.7 Å². The molecule has 5 heteroatoms. The Bertz CT molecular complexity index is 1170. The third kappa shape index (κ3) is 3.30. The monoisotopic (exact) mass is 382 g/mol. The van der Waals surface area contributed by atoms with Crippen molar-refractivity contribution in [3.8, 4) is 5.75 Å². The molecule has 0 radical (unpaired) electrons. The Labute approximate surface area is 170 Å². The Morgan fingerprint density at radius 2 is 1.79 bits per heavy atom. The van der Waals surface area contributed by atoms with Crippen LogP contribution >= 0.6 is 0 Å². The zero-order chi connectivity index (χ0) is 19.8. The second-order valence-electron chi connectivity index (χ2n) is 7.40. The van der Waals surface area contributed by atoms with Gasteiger partial charge in [-0.1, -0.05) is 42.5 Å². The molecular formula is C24H22N4O. The number of aryl methyl sites for hydroxylation is 1. The van der Waals surface area contributed by atoms with Gasteiger partial charge in [0.1, 0.15) is 12.1 Å². The highest BCUT2D eigenvalue weighted by Gasteiger charge is 2.25. The summed E-state index contributed by atoms with van der Waals surface area (Å²) in [7, 11) is 2.05. The van der Waals surface area contributed by atoms with Crippen LogP contribution in [0.4, 0.5) is 11.5 Å². The van der Waals surface area contributed by atoms with Crippen molar-refractivity contribution in [3.05, 3.63) is 89.7 Å². The van der Waals surface area contributed by atoms with Gasteiger partial charge in [-0.05, 0) is 42.3 Å². The second-order valence-corrected chi connectivity index (χ2v) is 7.40. The average Bonchev–Trinajstić information content (AvgIpc) is 3.16. The molecule has 144 valence electrons. The molecule has 0 saturated heterocycles. The minimum Gasteiger partial charge on any atom is -0.405 e. The SMILES string of the molecule is Cc1cc(N(C)c2ncnc3ccccc23)cc2c1ON(Cc1ccccc1)C2. The van der Waals surface area contributed by atoms with Gasteiger partial charge < -0.3 is 9.74 Å². The first kappa shape index (κ1) is 17.6. The standard InChI is InChI=1S/C24H22N4O/c1-17-12-20(27(2)24-21-10-6-7-11-22(21)25-16-26-24)13-19-15-28(29-23(17)19)14-18-8-4-3-5-9-18/h3-13,16H,14-15H2,1-2H3. The second kappa shape index (κ2) is 7.18. The fourth-order valence-corrected chi connectivity index (χ4v) is 3.87. The van der Waals surface area contributed by atoms with E-state index in [-0.39, 0.29) is 0 Å². The third-order valence-corrected chi connectivity index (χ3v) is 5.33. The molecule has 1 aromatic heterocycles. The molecule has 2 heterocycles. The summed E-state index contributed by atoms with van der Waals surface area (Å²) in [5, 5.41) is 3.05. The van der Waals surface area contributed by atoms with Gasteiger partial charge in [-0.25, -0.2) is 9.97 Å². The van der Waals surface area contributed by atoms with Crippen molar-refractivity contribution in [1.82, 2.24) is 15.0 Å². The van der Waals surface area contributed by atoms with Crippen LogP contribution < -0.4 is 9.74 Å². The minimum atomic E-state index is 0.761. The van der Waals surface area contributed by atoms with E-state index in [1.54, 1.807) is 6.33 Å². The Morgan fingerprint density at radius 3 is 2.66 bits per heavy atom. The Hall–Kier alpha value is -3.44. The molecule has 0 spiro atoms. The highest BCUT2D eigenvalue weighted by Crippen LogP contribution is 2.38. The van der Waals surface area contributed by atoms with Crippen molar-refractivity contribution in [2.45, 2.75) is 20.0 Å². The lowest BCUT2D eigenvalue weighted by Crippen LogP contribution is -2.20. The molecule has 0 unspecified atom stereocenters. The van der Waals surface area contributed by atoms with E-state index in [0.29, 0.717) is 0 Å². The van der Waals surface area contributed by atoms with E-state index < -0.39 is 0 Å². The maximum absolute atomic E-state index is 6.14. The van der Waals surface area contributed by atoms with Gasteiger partial charge in [-0.3, -0.25) is 0 Å². The summed E-state index contributed by atoms with van der Waals surface area (Å²) in [6.07, 6.45) is 1.62. The zero-order valence-electron chi connectivity index (χ0n) is 16.5. The quantitative estimate of drug-likeness (QED) is 0.496. The number of rotatable bonds is 4. The van der Waals surface area contributed by atoms with Crippen LogP contribution in [0.2, 0.25) is 0 Å². The Balaban J connectivity index is 1.45. The van der Waals surface area contributed by atoms with Crippen LogP contribution in [0.25, 0.3) is 10.9 Å². The molecule has 0 saturated carbocycles. The number of fused-ring (bicyclic) bond motifs is 2. The molecule has 4 aromatic rings. The molecule has 29 heavy (non-hydrogen) atoms. The molecule has 5 rings (SSSR count). The first-order valence-corrected chi connectivity index (χ1v) is 9.73. The van der Waals surface area contributed by atoms with Gasteiger partial charge in [0.25, 0.3) is 0 Å². The van der Waals surface area contributed by atoms with Gasteiger partial charge in [0.05, 0.1) is 18.6 Å². The Kier molecular flexibility index (Phi) is 4.37. The van der Waals surface area contributed by atoms with E-state index in [9.17, 15) is 0 Å². The van der Waals surface area contributed by atoms with E-state index in [0.717, 1.165) is 46.8 Å². The fraction of sp³-hybridized carbons (Fsp3) is 0.167. The van der Waals surface area contributed by atoms with Crippen LogP contribution in [0.15, 0.2) is 73.1 Å². The van der Waals surface area contributed by atoms with E-state index in [1.165, 1.54) is 11.1 Å². The number of hydroxylamine groups is 2. The summed E-state index contributed by atoms with van der Waals surface area (Å²) in [6.45, 7) is 3.62. The maximum Gasteiger partial charge on any atom is 0.155 e. The predicted molar refractivity (Wildman–Crippen MR) is 115 cm³/mol. The number of nitrogens with zero attached hydrogens (tertiary/aromatic N) is 4. The lowest BCUT2D eigenvalue weighted by atomic mass is 10.1. The number of aromatic nitrogens is 2.